The van der Waals surface area contributed by atoms with Gasteiger partial charge in [0.25, 0.3) is 0 Å². The van der Waals surface area contributed by atoms with Crippen LogP contribution in [-0.2, 0) is 6.42 Å². The molecule has 0 aliphatic carbocycles. The van der Waals surface area contributed by atoms with Crippen LogP contribution >= 0.6 is 11.6 Å². The van der Waals surface area contributed by atoms with Gasteiger partial charge in [-0.25, -0.2) is 0 Å². The van der Waals surface area contributed by atoms with Crippen LogP contribution in [0.15, 0.2) is 24.3 Å². The number of nitrogens with zero attached hydrogens (tertiary/aromatic N) is 3. The number of nitriles is 2. The molecule has 1 heterocycles. The Labute approximate surface area is 125 Å². The second-order valence-electron chi connectivity index (χ2n) is 5.40. The summed E-state index contributed by atoms with van der Waals surface area (Å²) in [7, 11) is 0. The van der Waals surface area contributed by atoms with Crippen LogP contribution in [0.3, 0.4) is 0 Å². The van der Waals surface area contributed by atoms with Crippen LogP contribution in [0.5, 0.6) is 0 Å². The minimum Gasteiger partial charge on any atom is -0.301 e. The van der Waals surface area contributed by atoms with Crippen LogP contribution in [-0.4, -0.2) is 24.5 Å². The zero-order valence-corrected chi connectivity index (χ0v) is 12.2. The Morgan fingerprint density at radius 1 is 1.30 bits per heavy atom. The van der Waals surface area contributed by atoms with E-state index in [-0.39, 0.29) is 5.92 Å². The van der Waals surface area contributed by atoms with Crippen LogP contribution in [0.1, 0.15) is 18.4 Å². The highest BCUT2D eigenvalue weighted by Gasteiger charge is 2.28. The average Bonchev–Trinajstić information content (AvgIpc) is 2.42. The van der Waals surface area contributed by atoms with Crippen LogP contribution < -0.4 is 0 Å². The summed E-state index contributed by atoms with van der Waals surface area (Å²) >= 11 is 6.16. The summed E-state index contributed by atoms with van der Waals surface area (Å²) in [5.41, 5.74) is 1.21. The van der Waals surface area contributed by atoms with Gasteiger partial charge in [0.1, 0.15) is 0 Å². The summed E-state index contributed by atoms with van der Waals surface area (Å²) < 4.78 is 0. The molecule has 0 spiro atoms. The topological polar surface area (TPSA) is 50.8 Å². The Morgan fingerprint density at radius 3 is 2.70 bits per heavy atom. The molecule has 1 aliphatic heterocycles. The molecule has 1 aromatic rings. The highest BCUT2D eigenvalue weighted by molar-refractivity contribution is 6.31. The molecule has 0 bridgehead atoms. The second kappa shape index (κ2) is 7.29. The number of halogens is 1. The first kappa shape index (κ1) is 14.9. The summed E-state index contributed by atoms with van der Waals surface area (Å²) in [4.78, 5) is 2.30. The predicted octanol–water partition coefficient (Wildman–Crippen LogP) is 3.26. The van der Waals surface area contributed by atoms with E-state index in [0.29, 0.717) is 18.8 Å². The number of hydrogen-bond acceptors (Lipinski definition) is 3. The summed E-state index contributed by atoms with van der Waals surface area (Å²) in [5.74, 6) is 0.612. The smallest absolute Gasteiger partial charge is 0.0669 e. The van der Waals surface area contributed by atoms with Crippen molar-refractivity contribution in [2.45, 2.75) is 19.3 Å². The van der Waals surface area contributed by atoms with E-state index in [9.17, 15) is 0 Å². The van der Waals surface area contributed by atoms with Gasteiger partial charge in [-0.15, -0.1) is 0 Å². The third-order valence-corrected chi connectivity index (χ3v) is 4.13. The SMILES string of the molecule is N#CCC[C@@H](C#N)CN1CC(Cc2ccccc2Cl)C1. The first-order valence-corrected chi connectivity index (χ1v) is 7.33. The molecule has 2 rings (SSSR count). The fraction of sp³-hybridized carbons (Fsp3) is 0.500. The van der Waals surface area contributed by atoms with E-state index in [0.717, 1.165) is 31.1 Å². The Balaban J connectivity index is 1.74. The molecule has 0 aromatic heterocycles. The molecule has 0 amide bonds. The van der Waals surface area contributed by atoms with Crippen LogP contribution in [0, 0.1) is 34.5 Å². The monoisotopic (exact) mass is 287 g/mol. The molecule has 0 N–H and O–H groups in total. The minimum absolute atomic E-state index is 0.0177. The lowest BCUT2D eigenvalue weighted by Gasteiger charge is -2.40. The molecular weight excluding hydrogens is 270 g/mol. The minimum atomic E-state index is -0.0177. The van der Waals surface area contributed by atoms with Gasteiger partial charge < -0.3 is 4.90 Å². The van der Waals surface area contributed by atoms with Crippen molar-refractivity contribution >= 4 is 11.6 Å². The maximum Gasteiger partial charge on any atom is 0.0669 e. The number of benzene rings is 1. The second-order valence-corrected chi connectivity index (χ2v) is 5.81. The van der Waals surface area contributed by atoms with Crippen molar-refractivity contribution in [3.63, 3.8) is 0 Å². The summed E-state index contributed by atoms with van der Waals surface area (Å²) in [5, 5.41) is 18.5. The van der Waals surface area contributed by atoms with Gasteiger partial charge in [0.2, 0.25) is 0 Å². The molecule has 0 saturated carbocycles. The highest BCUT2D eigenvalue weighted by Crippen LogP contribution is 2.25. The predicted molar refractivity (Wildman–Crippen MR) is 79.0 cm³/mol. The van der Waals surface area contributed by atoms with Gasteiger partial charge in [0.05, 0.1) is 18.1 Å². The van der Waals surface area contributed by atoms with Crippen molar-refractivity contribution in [2.75, 3.05) is 19.6 Å². The largest absolute Gasteiger partial charge is 0.301 e. The normalized spacial score (nSPS) is 16.9. The van der Waals surface area contributed by atoms with Crippen molar-refractivity contribution < 1.29 is 0 Å². The zero-order chi connectivity index (χ0) is 14.4. The molecule has 1 atom stereocenters. The van der Waals surface area contributed by atoms with Crippen LogP contribution in [0.25, 0.3) is 0 Å². The lowest BCUT2D eigenvalue weighted by atomic mass is 9.90. The van der Waals surface area contributed by atoms with Gasteiger partial charge in [0, 0.05) is 31.1 Å². The van der Waals surface area contributed by atoms with E-state index in [4.69, 9.17) is 22.1 Å². The Hall–Kier alpha value is -1.55. The molecule has 4 heteroatoms. The van der Waals surface area contributed by atoms with Gasteiger partial charge in [0.15, 0.2) is 0 Å². The molecule has 0 radical (unpaired) electrons. The quantitative estimate of drug-likeness (QED) is 0.807. The van der Waals surface area contributed by atoms with E-state index in [1.54, 1.807) is 0 Å². The first-order valence-electron chi connectivity index (χ1n) is 6.95. The molecular formula is C16H18ClN3. The maximum atomic E-state index is 9.06. The van der Waals surface area contributed by atoms with E-state index < -0.39 is 0 Å². The van der Waals surface area contributed by atoms with Crippen molar-refractivity contribution in [1.29, 1.82) is 10.5 Å². The molecule has 1 aromatic carbocycles. The van der Waals surface area contributed by atoms with E-state index in [2.05, 4.69) is 23.1 Å². The number of hydrogen-bond donors (Lipinski definition) is 0. The van der Waals surface area contributed by atoms with Crippen LogP contribution in [0.4, 0.5) is 0 Å². The molecule has 1 saturated heterocycles. The van der Waals surface area contributed by atoms with Crippen molar-refractivity contribution in [3.05, 3.63) is 34.9 Å². The molecule has 1 fully saturated rings. The zero-order valence-electron chi connectivity index (χ0n) is 11.4. The Kier molecular flexibility index (Phi) is 5.41. The molecule has 20 heavy (non-hydrogen) atoms. The lowest BCUT2D eigenvalue weighted by Crippen LogP contribution is -2.49. The number of rotatable bonds is 6. The Bertz CT molecular complexity index is 523. The van der Waals surface area contributed by atoms with E-state index >= 15 is 0 Å². The van der Waals surface area contributed by atoms with Crippen molar-refractivity contribution in [2.24, 2.45) is 11.8 Å². The standard InChI is InChI=1S/C16H18ClN3/c17-16-6-2-1-5-15(16)8-14-11-20(12-14)10-13(9-19)4-3-7-18/h1-2,5-6,13-14H,3-4,8,10-12H2/t13-/m0/s1. The number of likely N-dealkylation sites (tertiary alicyclic amines) is 1. The van der Waals surface area contributed by atoms with Gasteiger partial charge >= 0.3 is 0 Å². The van der Waals surface area contributed by atoms with Gasteiger partial charge in [-0.1, -0.05) is 29.8 Å². The van der Waals surface area contributed by atoms with Crippen molar-refractivity contribution in [3.8, 4) is 12.1 Å². The molecule has 3 nitrogen and oxygen atoms in total. The van der Waals surface area contributed by atoms with Gasteiger partial charge in [-0.3, -0.25) is 0 Å². The van der Waals surface area contributed by atoms with E-state index in [1.807, 2.05) is 18.2 Å². The summed E-state index contributed by atoms with van der Waals surface area (Å²) in [6.07, 6.45) is 2.15. The van der Waals surface area contributed by atoms with Gasteiger partial charge in [-0.05, 0) is 30.4 Å². The van der Waals surface area contributed by atoms with E-state index in [1.165, 1.54) is 5.56 Å². The molecule has 0 unspecified atom stereocenters. The third-order valence-electron chi connectivity index (χ3n) is 3.76. The fourth-order valence-electron chi connectivity index (χ4n) is 2.68. The maximum absolute atomic E-state index is 9.06. The lowest BCUT2D eigenvalue weighted by molar-refractivity contribution is 0.0887. The average molecular weight is 288 g/mol. The Morgan fingerprint density at radius 2 is 2.05 bits per heavy atom. The third kappa shape index (κ3) is 3.97. The highest BCUT2D eigenvalue weighted by atomic mass is 35.5. The van der Waals surface area contributed by atoms with Crippen molar-refractivity contribution in [1.82, 2.24) is 4.90 Å². The summed E-state index contributed by atoms with van der Waals surface area (Å²) in [6, 6.07) is 12.4. The van der Waals surface area contributed by atoms with Gasteiger partial charge in [-0.2, -0.15) is 10.5 Å². The molecule has 104 valence electrons. The molecule has 1 aliphatic rings. The first-order chi connectivity index (χ1) is 9.72. The summed E-state index contributed by atoms with van der Waals surface area (Å²) in [6.45, 7) is 2.84. The fourth-order valence-corrected chi connectivity index (χ4v) is 2.89. The van der Waals surface area contributed by atoms with Crippen LogP contribution in [0.2, 0.25) is 5.02 Å².